The number of hydrogen-bond acceptors (Lipinski definition) is 3. The van der Waals surface area contributed by atoms with Gasteiger partial charge in [-0.15, -0.1) is 0 Å². The fourth-order valence-corrected chi connectivity index (χ4v) is 2.67. The molecule has 4 nitrogen and oxygen atoms in total. The van der Waals surface area contributed by atoms with Crippen LogP contribution >= 0.6 is 0 Å². The van der Waals surface area contributed by atoms with Crippen LogP contribution in [0.2, 0.25) is 0 Å². The van der Waals surface area contributed by atoms with E-state index in [2.05, 4.69) is 13.8 Å². The topological polar surface area (TPSA) is 66.8 Å². The van der Waals surface area contributed by atoms with Gasteiger partial charge in [-0.05, 0) is 36.0 Å². The first kappa shape index (κ1) is 18.6. The van der Waals surface area contributed by atoms with Gasteiger partial charge in [0, 0.05) is 5.56 Å². The zero-order valence-electron chi connectivity index (χ0n) is 14.8. The van der Waals surface area contributed by atoms with Gasteiger partial charge in [0.25, 0.3) is 0 Å². The van der Waals surface area contributed by atoms with Crippen molar-refractivity contribution in [1.29, 1.82) is 0 Å². The molecule has 0 aliphatic carbocycles. The highest BCUT2D eigenvalue weighted by Gasteiger charge is 2.22. The average Bonchev–Trinajstić information content (AvgIpc) is 2.58. The molecule has 0 saturated carbocycles. The number of methoxy groups -OCH3 is 1. The zero-order chi connectivity index (χ0) is 18.4. The Morgan fingerprint density at radius 1 is 1.20 bits per heavy atom. The van der Waals surface area contributed by atoms with Crippen molar-refractivity contribution >= 4 is 18.1 Å². The summed E-state index contributed by atoms with van der Waals surface area (Å²) < 4.78 is 5.40. The van der Waals surface area contributed by atoms with E-state index in [0.717, 1.165) is 12.0 Å². The molecule has 25 heavy (non-hydrogen) atoms. The zero-order valence-corrected chi connectivity index (χ0v) is 14.8. The van der Waals surface area contributed by atoms with Crippen LogP contribution in [0.5, 0.6) is 11.5 Å². The van der Waals surface area contributed by atoms with E-state index in [9.17, 15) is 15.0 Å². The number of aromatic carboxylic acids is 1. The molecule has 0 heterocycles. The van der Waals surface area contributed by atoms with E-state index >= 15 is 0 Å². The first-order valence-electron chi connectivity index (χ1n) is 8.33. The van der Waals surface area contributed by atoms with Gasteiger partial charge in [0.1, 0.15) is 17.1 Å². The molecule has 2 N–H and O–H groups in total. The van der Waals surface area contributed by atoms with Gasteiger partial charge in [0.2, 0.25) is 0 Å². The van der Waals surface area contributed by atoms with Crippen LogP contribution in [-0.2, 0) is 6.42 Å². The van der Waals surface area contributed by atoms with Gasteiger partial charge in [-0.2, -0.15) is 0 Å². The van der Waals surface area contributed by atoms with Crippen LogP contribution in [0.15, 0.2) is 36.4 Å². The molecular formula is C21H24O4. The molecule has 0 spiro atoms. The van der Waals surface area contributed by atoms with E-state index in [-0.39, 0.29) is 11.3 Å². The molecule has 0 aromatic heterocycles. The van der Waals surface area contributed by atoms with E-state index in [1.54, 1.807) is 12.1 Å². The minimum absolute atomic E-state index is 0.0910. The second-order valence-corrected chi connectivity index (χ2v) is 6.35. The summed E-state index contributed by atoms with van der Waals surface area (Å²) in [4.78, 5) is 11.7. The van der Waals surface area contributed by atoms with Crippen LogP contribution in [0.3, 0.4) is 0 Å². The molecule has 0 bridgehead atoms. The fourth-order valence-electron chi connectivity index (χ4n) is 2.67. The van der Waals surface area contributed by atoms with Gasteiger partial charge in [0.05, 0.1) is 7.11 Å². The second kappa shape index (κ2) is 8.38. The summed E-state index contributed by atoms with van der Waals surface area (Å²) in [5, 5.41) is 20.1. The van der Waals surface area contributed by atoms with Crippen molar-refractivity contribution in [3.63, 3.8) is 0 Å². The van der Waals surface area contributed by atoms with Crippen molar-refractivity contribution in [3.05, 3.63) is 58.7 Å². The molecule has 4 heteroatoms. The van der Waals surface area contributed by atoms with E-state index in [1.165, 1.54) is 7.11 Å². The number of aromatic hydroxyl groups is 1. The first-order valence-corrected chi connectivity index (χ1v) is 8.33. The molecule has 0 saturated heterocycles. The predicted molar refractivity (Wildman–Crippen MR) is 100 cm³/mol. The second-order valence-electron chi connectivity index (χ2n) is 6.35. The average molecular weight is 340 g/mol. The Morgan fingerprint density at radius 3 is 2.44 bits per heavy atom. The van der Waals surface area contributed by atoms with Crippen molar-refractivity contribution in [3.8, 4) is 11.5 Å². The Bertz CT molecular complexity index is 761. The Hall–Kier alpha value is -2.75. The summed E-state index contributed by atoms with van der Waals surface area (Å²) >= 11 is 0. The SMILES string of the molecule is COc1cc(C=Cc2ccccc2)c(C(=O)O)c(O)c1CCC(C)C. The van der Waals surface area contributed by atoms with Crippen molar-refractivity contribution in [2.24, 2.45) is 5.92 Å². The monoisotopic (exact) mass is 340 g/mol. The van der Waals surface area contributed by atoms with E-state index < -0.39 is 5.97 Å². The maximum atomic E-state index is 11.7. The molecule has 2 aromatic carbocycles. The van der Waals surface area contributed by atoms with Gasteiger partial charge in [0.15, 0.2) is 0 Å². The molecule has 2 rings (SSSR count). The summed E-state index contributed by atoms with van der Waals surface area (Å²) in [6, 6.07) is 11.3. The highest BCUT2D eigenvalue weighted by Crippen LogP contribution is 2.36. The van der Waals surface area contributed by atoms with E-state index in [0.29, 0.717) is 29.2 Å². The summed E-state index contributed by atoms with van der Waals surface area (Å²) in [5.74, 6) is -0.412. The van der Waals surface area contributed by atoms with Crippen LogP contribution in [0.4, 0.5) is 0 Å². The van der Waals surface area contributed by atoms with Crippen molar-refractivity contribution in [2.45, 2.75) is 26.7 Å². The first-order chi connectivity index (χ1) is 11.9. The minimum atomic E-state index is -1.15. The number of phenols is 1. The molecule has 0 unspecified atom stereocenters. The maximum Gasteiger partial charge on any atom is 0.340 e. The number of benzene rings is 2. The van der Waals surface area contributed by atoms with Gasteiger partial charge in [-0.25, -0.2) is 4.79 Å². The number of ether oxygens (including phenoxy) is 1. The van der Waals surface area contributed by atoms with Crippen LogP contribution in [0.1, 0.15) is 47.3 Å². The quantitative estimate of drug-likeness (QED) is 0.707. The fraction of sp³-hybridized carbons (Fsp3) is 0.286. The normalized spacial score (nSPS) is 11.2. The maximum absolute atomic E-state index is 11.7. The molecule has 0 aliphatic rings. The lowest BCUT2D eigenvalue weighted by Gasteiger charge is -2.16. The molecule has 2 aromatic rings. The lowest BCUT2D eigenvalue weighted by atomic mass is 9.95. The number of carboxylic acids is 1. The number of rotatable bonds is 7. The molecule has 0 aliphatic heterocycles. The van der Waals surface area contributed by atoms with Crippen molar-refractivity contribution < 1.29 is 19.7 Å². The summed E-state index contributed by atoms with van der Waals surface area (Å²) in [6.07, 6.45) is 4.90. The Labute approximate surface area is 148 Å². The Balaban J connectivity index is 2.50. The molecule has 0 atom stereocenters. The van der Waals surface area contributed by atoms with Gasteiger partial charge in [-0.3, -0.25) is 0 Å². The smallest absolute Gasteiger partial charge is 0.340 e. The lowest BCUT2D eigenvalue weighted by molar-refractivity contribution is 0.0693. The van der Waals surface area contributed by atoms with Gasteiger partial charge < -0.3 is 14.9 Å². The largest absolute Gasteiger partial charge is 0.507 e. The van der Waals surface area contributed by atoms with Crippen LogP contribution < -0.4 is 4.74 Å². The van der Waals surface area contributed by atoms with Gasteiger partial charge >= 0.3 is 5.97 Å². The Morgan fingerprint density at radius 2 is 1.88 bits per heavy atom. The summed E-state index contributed by atoms with van der Waals surface area (Å²) in [7, 11) is 1.53. The van der Waals surface area contributed by atoms with E-state index in [1.807, 2.05) is 36.4 Å². The number of carboxylic acid groups (broad SMARTS) is 1. The summed E-state index contributed by atoms with van der Waals surface area (Å²) in [6.45, 7) is 4.16. The third-order valence-corrected chi connectivity index (χ3v) is 4.06. The van der Waals surface area contributed by atoms with Crippen molar-refractivity contribution in [2.75, 3.05) is 7.11 Å². The molecule has 132 valence electrons. The van der Waals surface area contributed by atoms with Crippen LogP contribution in [0, 0.1) is 5.92 Å². The standard InChI is InChI=1S/C21H24O4/c1-14(2)9-12-17-18(25-3)13-16(19(20(17)22)21(23)24)11-10-15-7-5-4-6-8-15/h4-8,10-11,13-14,22H,9,12H2,1-3H3,(H,23,24). The third-order valence-electron chi connectivity index (χ3n) is 4.06. The third kappa shape index (κ3) is 4.63. The summed E-state index contributed by atoms with van der Waals surface area (Å²) in [5.41, 5.74) is 1.82. The van der Waals surface area contributed by atoms with Crippen molar-refractivity contribution in [1.82, 2.24) is 0 Å². The van der Waals surface area contributed by atoms with E-state index in [4.69, 9.17) is 4.74 Å². The highest BCUT2D eigenvalue weighted by molar-refractivity contribution is 5.97. The minimum Gasteiger partial charge on any atom is -0.507 e. The van der Waals surface area contributed by atoms with Crippen LogP contribution in [0.25, 0.3) is 12.2 Å². The molecule has 0 amide bonds. The number of carbonyl (C=O) groups is 1. The van der Waals surface area contributed by atoms with Crippen LogP contribution in [-0.4, -0.2) is 23.3 Å². The Kier molecular flexibility index (Phi) is 6.23. The molecule has 0 radical (unpaired) electrons. The molecular weight excluding hydrogens is 316 g/mol. The number of hydrogen-bond donors (Lipinski definition) is 2. The highest BCUT2D eigenvalue weighted by atomic mass is 16.5. The van der Waals surface area contributed by atoms with Gasteiger partial charge in [-0.1, -0.05) is 56.3 Å². The molecule has 0 fully saturated rings. The lowest BCUT2D eigenvalue weighted by Crippen LogP contribution is -2.05. The predicted octanol–water partition coefficient (Wildman–Crippen LogP) is 4.86.